The summed E-state index contributed by atoms with van der Waals surface area (Å²) in [5.74, 6) is 0. The molecule has 0 N–H and O–H groups in total. The molecule has 0 aliphatic carbocycles. The lowest BCUT2D eigenvalue weighted by atomic mass is 10.2. The Morgan fingerprint density at radius 3 is 2.29 bits per heavy atom. The number of alkyl halides is 3. The van der Waals surface area contributed by atoms with E-state index in [1.165, 1.54) is 4.90 Å². The first-order chi connectivity index (χ1) is 12.6. The van der Waals surface area contributed by atoms with Gasteiger partial charge in [-0.05, 0) is 61.8 Å². The maximum absolute atomic E-state index is 12.9. The van der Waals surface area contributed by atoms with Crippen molar-refractivity contribution in [2.24, 2.45) is 0 Å². The number of halogens is 4. The van der Waals surface area contributed by atoms with E-state index in [4.69, 9.17) is 4.74 Å². The zero-order valence-electron chi connectivity index (χ0n) is 15.9. The van der Waals surface area contributed by atoms with Crippen molar-refractivity contribution in [2.45, 2.75) is 50.4 Å². The highest BCUT2D eigenvalue weighted by molar-refractivity contribution is 9.10. The highest BCUT2D eigenvalue weighted by atomic mass is 79.9. The minimum atomic E-state index is -4.57. The summed E-state index contributed by atoms with van der Waals surface area (Å²) in [5.41, 5.74) is -1.62. The van der Waals surface area contributed by atoms with Crippen LogP contribution in [0.4, 0.5) is 18.0 Å². The third-order valence-corrected chi connectivity index (χ3v) is 6.94. The second-order valence-electron chi connectivity index (χ2n) is 7.53. The van der Waals surface area contributed by atoms with Gasteiger partial charge in [-0.3, -0.25) is 0 Å². The normalized spacial score (nSPS) is 19.6. The van der Waals surface area contributed by atoms with Crippen LogP contribution in [-0.4, -0.2) is 55.0 Å². The molecule has 1 aliphatic rings. The molecular formula is C17H22BrF3N2O4S. The quantitative estimate of drug-likeness (QED) is 0.631. The Morgan fingerprint density at radius 1 is 1.21 bits per heavy atom. The molecule has 0 bridgehead atoms. The number of benzene rings is 1. The van der Waals surface area contributed by atoms with Crippen molar-refractivity contribution in [3.63, 3.8) is 0 Å². The van der Waals surface area contributed by atoms with Crippen LogP contribution in [0.2, 0.25) is 0 Å². The Hall–Kier alpha value is -1.33. The number of carbonyl (C=O) groups excluding carboxylic acids is 1. The fourth-order valence-corrected chi connectivity index (χ4v) is 5.31. The molecule has 1 atom stereocenters. The number of sulfonamides is 1. The standard InChI is InChI=1S/C17H22BrF3N2O4S/c1-11-10-22(7-8-23(11)15(24)27-16(2,3)4)28(25,26)14-6-5-12(9-13(14)18)17(19,20)21/h5-6,9,11H,7-8,10H2,1-4H3. The van der Waals surface area contributed by atoms with Crippen molar-refractivity contribution < 1.29 is 31.1 Å². The molecule has 2 rings (SSSR count). The molecule has 1 aromatic carbocycles. The van der Waals surface area contributed by atoms with E-state index < -0.39 is 39.5 Å². The third kappa shape index (κ3) is 5.18. The molecule has 1 aromatic rings. The molecule has 0 radical (unpaired) electrons. The molecule has 0 saturated carbocycles. The van der Waals surface area contributed by atoms with Gasteiger partial charge >= 0.3 is 12.3 Å². The Bertz CT molecular complexity index is 853. The highest BCUT2D eigenvalue weighted by Gasteiger charge is 2.38. The van der Waals surface area contributed by atoms with E-state index in [1.54, 1.807) is 27.7 Å². The number of nitrogens with zero attached hydrogens (tertiary/aromatic N) is 2. The summed E-state index contributed by atoms with van der Waals surface area (Å²) in [7, 11) is -4.03. The molecule has 6 nitrogen and oxygen atoms in total. The van der Waals surface area contributed by atoms with Crippen molar-refractivity contribution in [1.29, 1.82) is 0 Å². The maximum atomic E-state index is 12.9. The summed E-state index contributed by atoms with van der Waals surface area (Å²) >= 11 is 2.93. The second-order valence-corrected chi connectivity index (χ2v) is 10.3. The van der Waals surface area contributed by atoms with Gasteiger partial charge in [0, 0.05) is 30.1 Å². The third-order valence-electron chi connectivity index (χ3n) is 4.10. The fourth-order valence-electron chi connectivity index (χ4n) is 2.76. The van der Waals surface area contributed by atoms with Crippen LogP contribution in [-0.2, 0) is 20.9 Å². The summed E-state index contributed by atoms with van der Waals surface area (Å²) < 4.78 is 70.5. The Morgan fingerprint density at radius 2 is 1.82 bits per heavy atom. The van der Waals surface area contributed by atoms with E-state index in [0.717, 1.165) is 22.5 Å². The van der Waals surface area contributed by atoms with E-state index in [0.29, 0.717) is 0 Å². The average Bonchev–Trinajstić information content (AvgIpc) is 2.51. The fraction of sp³-hybridized carbons (Fsp3) is 0.588. The van der Waals surface area contributed by atoms with Crippen LogP contribution < -0.4 is 0 Å². The number of carbonyl (C=O) groups is 1. The number of hydrogen-bond donors (Lipinski definition) is 0. The highest BCUT2D eigenvalue weighted by Crippen LogP contribution is 2.34. The number of hydrogen-bond acceptors (Lipinski definition) is 4. The lowest BCUT2D eigenvalue weighted by molar-refractivity contribution is -0.137. The Kier molecular flexibility index (Phi) is 6.42. The summed E-state index contributed by atoms with van der Waals surface area (Å²) in [4.78, 5) is 13.4. The van der Waals surface area contributed by atoms with Gasteiger partial charge in [-0.2, -0.15) is 17.5 Å². The van der Waals surface area contributed by atoms with E-state index in [1.807, 2.05) is 0 Å². The van der Waals surface area contributed by atoms with Crippen LogP contribution in [0.25, 0.3) is 0 Å². The molecule has 158 valence electrons. The van der Waals surface area contributed by atoms with Crippen molar-refractivity contribution in [3.8, 4) is 0 Å². The number of amides is 1. The van der Waals surface area contributed by atoms with Crippen molar-refractivity contribution in [3.05, 3.63) is 28.2 Å². The lowest BCUT2D eigenvalue weighted by Crippen LogP contribution is -2.56. The minimum Gasteiger partial charge on any atom is -0.444 e. The van der Waals surface area contributed by atoms with Gasteiger partial charge < -0.3 is 9.64 Å². The van der Waals surface area contributed by atoms with E-state index in [-0.39, 0.29) is 29.0 Å². The molecule has 1 amide bonds. The SMILES string of the molecule is CC1CN(S(=O)(=O)c2ccc(C(F)(F)F)cc2Br)CCN1C(=O)OC(C)(C)C. The predicted molar refractivity (Wildman–Crippen MR) is 100 cm³/mol. The average molecular weight is 487 g/mol. The first-order valence-electron chi connectivity index (χ1n) is 8.49. The summed E-state index contributed by atoms with van der Waals surface area (Å²) in [6.07, 6.45) is -5.11. The van der Waals surface area contributed by atoms with Gasteiger partial charge in [0.1, 0.15) is 5.60 Å². The number of ether oxygens (including phenoxy) is 1. The van der Waals surface area contributed by atoms with Crippen molar-refractivity contribution in [2.75, 3.05) is 19.6 Å². The zero-order valence-corrected chi connectivity index (χ0v) is 18.3. The predicted octanol–water partition coefficient (Wildman–Crippen LogP) is 4.10. The molecule has 1 saturated heterocycles. The smallest absolute Gasteiger partial charge is 0.416 e. The van der Waals surface area contributed by atoms with Crippen molar-refractivity contribution >= 4 is 32.0 Å². The van der Waals surface area contributed by atoms with Crippen LogP contribution >= 0.6 is 15.9 Å². The van der Waals surface area contributed by atoms with Crippen LogP contribution in [0.3, 0.4) is 0 Å². The summed E-state index contributed by atoms with van der Waals surface area (Å²) in [6.45, 7) is 7.03. The molecule has 0 aromatic heterocycles. The molecular weight excluding hydrogens is 465 g/mol. The van der Waals surface area contributed by atoms with Crippen LogP contribution in [0.1, 0.15) is 33.3 Å². The van der Waals surface area contributed by atoms with E-state index in [2.05, 4.69) is 15.9 Å². The van der Waals surface area contributed by atoms with Gasteiger partial charge in [0.25, 0.3) is 0 Å². The molecule has 28 heavy (non-hydrogen) atoms. The Labute approximate surface area is 170 Å². The van der Waals surface area contributed by atoms with E-state index >= 15 is 0 Å². The summed E-state index contributed by atoms with van der Waals surface area (Å²) in [5, 5.41) is 0. The van der Waals surface area contributed by atoms with Gasteiger partial charge in [-0.25, -0.2) is 13.2 Å². The molecule has 1 fully saturated rings. The first-order valence-corrected chi connectivity index (χ1v) is 10.7. The molecule has 1 heterocycles. The van der Waals surface area contributed by atoms with Crippen molar-refractivity contribution in [1.82, 2.24) is 9.21 Å². The first kappa shape index (κ1) is 23.0. The van der Waals surface area contributed by atoms with Crippen LogP contribution in [0.5, 0.6) is 0 Å². The largest absolute Gasteiger partial charge is 0.444 e. The maximum Gasteiger partial charge on any atom is 0.416 e. The van der Waals surface area contributed by atoms with Gasteiger partial charge in [-0.1, -0.05) is 0 Å². The van der Waals surface area contributed by atoms with Gasteiger partial charge in [-0.15, -0.1) is 0 Å². The van der Waals surface area contributed by atoms with Gasteiger partial charge in [0.2, 0.25) is 10.0 Å². The molecule has 1 unspecified atom stereocenters. The van der Waals surface area contributed by atoms with E-state index in [9.17, 15) is 26.4 Å². The lowest BCUT2D eigenvalue weighted by Gasteiger charge is -2.39. The van der Waals surface area contributed by atoms with Crippen LogP contribution in [0, 0.1) is 0 Å². The summed E-state index contributed by atoms with van der Waals surface area (Å²) in [6, 6.07) is 1.96. The van der Waals surface area contributed by atoms with Crippen LogP contribution in [0.15, 0.2) is 27.6 Å². The Balaban J connectivity index is 2.20. The van der Waals surface area contributed by atoms with Gasteiger partial charge in [0.05, 0.1) is 10.5 Å². The molecule has 11 heteroatoms. The molecule has 1 aliphatic heterocycles. The topological polar surface area (TPSA) is 66.9 Å². The zero-order chi connectivity index (χ0) is 21.5. The monoisotopic (exact) mass is 486 g/mol. The number of piperazine rings is 1. The molecule has 0 spiro atoms. The van der Waals surface area contributed by atoms with Gasteiger partial charge in [0.15, 0.2) is 0 Å². The minimum absolute atomic E-state index is 0.00897. The second kappa shape index (κ2) is 7.83. The number of rotatable bonds is 2.